The highest BCUT2D eigenvalue weighted by Gasteiger charge is 2.21. The Morgan fingerprint density at radius 3 is 2.56 bits per heavy atom. The monoisotopic (exact) mass is 477 g/mol. The third kappa shape index (κ3) is 6.97. The first-order valence-corrected chi connectivity index (χ1v) is 13.3. The van der Waals surface area contributed by atoms with E-state index in [4.69, 9.17) is 9.47 Å². The van der Waals surface area contributed by atoms with Crippen LogP contribution in [0.5, 0.6) is 11.5 Å². The van der Waals surface area contributed by atoms with Crippen molar-refractivity contribution in [2.24, 2.45) is 0 Å². The van der Waals surface area contributed by atoms with Gasteiger partial charge >= 0.3 is 6.03 Å². The van der Waals surface area contributed by atoms with Gasteiger partial charge < -0.3 is 20.1 Å². The summed E-state index contributed by atoms with van der Waals surface area (Å²) in [5.74, 6) is 1.55. The largest absolute Gasteiger partial charge is 0.493 e. The van der Waals surface area contributed by atoms with Gasteiger partial charge in [0.2, 0.25) is 0 Å². The van der Waals surface area contributed by atoms with Crippen LogP contribution in [0.25, 0.3) is 0 Å². The number of nitrogens with one attached hydrogen (secondary N) is 2. The van der Waals surface area contributed by atoms with Crippen molar-refractivity contribution >= 4 is 35.2 Å². The number of pyridine rings is 1. The van der Waals surface area contributed by atoms with Crippen LogP contribution >= 0.6 is 23.5 Å². The first-order valence-electron chi connectivity index (χ1n) is 10.8. The Labute approximate surface area is 200 Å². The Hall–Kier alpha value is -2.06. The summed E-state index contributed by atoms with van der Waals surface area (Å²) >= 11 is 3.13. The van der Waals surface area contributed by atoms with Gasteiger partial charge in [0, 0.05) is 28.6 Å². The lowest BCUT2D eigenvalue weighted by molar-refractivity contribution is 0.251. The van der Waals surface area contributed by atoms with E-state index in [0.29, 0.717) is 12.3 Å². The summed E-state index contributed by atoms with van der Waals surface area (Å²) in [5.41, 5.74) is 2.75. The van der Waals surface area contributed by atoms with Gasteiger partial charge in [-0.2, -0.15) is 0 Å². The predicted molar refractivity (Wildman–Crippen MR) is 136 cm³/mol. The number of thioether (sulfide) groups is 2. The molecule has 1 aromatic carbocycles. The molecule has 0 radical (unpaired) electrons. The zero-order valence-corrected chi connectivity index (χ0v) is 21.5. The lowest BCUT2D eigenvalue weighted by Gasteiger charge is -2.22. The van der Waals surface area contributed by atoms with Crippen molar-refractivity contribution < 1.29 is 14.3 Å². The summed E-state index contributed by atoms with van der Waals surface area (Å²) in [4.78, 5) is 18.4. The third-order valence-electron chi connectivity index (χ3n) is 5.27. The number of para-hydroxylation sites is 1. The highest BCUT2D eigenvalue weighted by molar-refractivity contribution is 7.99. The summed E-state index contributed by atoms with van der Waals surface area (Å²) in [6.07, 6.45) is 8.30. The van der Waals surface area contributed by atoms with Crippen LogP contribution in [-0.4, -0.2) is 44.3 Å². The zero-order valence-electron chi connectivity index (χ0n) is 19.9. The van der Waals surface area contributed by atoms with E-state index in [1.807, 2.05) is 37.6 Å². The van der Waals surface area contributed by atoms with Crippen molar-refractivity contribution in [2.45, 2.75) is 55.4 Å². The molecular weight excluding hydrogens is 442 g/mol. The number of hydrogen-bond acceptors (Lipinski definition) is 6. The van der Waals surface area contributed by atoms with Gasteiger partial charge in [0.25, 0.3) is 0 Å². The maximum absolute atomic E-state index is 12.9. The Kier molecular flexibility index (Phi) is 11.0. The number of amides is 2. The van der Waals surface area contributed by atoms with E-state index in [9.17, 15) is 4.79 Å². The Balaban J connectivity index is 2.20. The molecule has 0 saturated carbocycles. The number of urea groups is 1. The molecule has 1 unspecified atom stereocenters. The van der Waals surface area contributed by atoms with E-state index in [0.717, 1.165) is 58.3 Å². The molecule has 8 heteroatoms. The van der Waals surface area contributed by atoms with Gasteiger partial charge in [-0.05, 0) is 38.0 Å². The zero-order chi connectivity index (χ0) is 23.5. The summed E-state index contributed by atoms with van der Waals surface area (Å²) in [7, 11) is 3.30. The lowest BCUT2D eigenvalue weighted by Crippen LogP contribution is -2.33. The molecule has 32 heavy (non-hydrogen) atoms. The molecule has 6 nitrogen and oxygen atoms in total. The van der Waals surface area contributed by atoms with Gasteiger partial charge in [0.15, 0.2) is 11.5 Å². The van der Waals surface area contributed by atoms with Crippen molar-refractivity contribution in [2.75, 3.05) is 38.6 Å². The fourth-order valence-corrected chi connectivity index (χ4v) is 4.96. The van der Waals surface area contributed by atoms with Crippen LogP contribution in [0.2, 0.25) is 0 Å². The van der Waals surface area contributed by atoms with Crippen molar-refractivity contribution in [3.05, 3.63) is 35.5 Å². The summed E-state index contributed by atoms with van der Waals surface area (Å²) in [6, 6.07) is 7.68. The number of hydrogen-bond donors (Lipinski definition) is 2. The van der Waals surface area contributed by atoms with E-state index >= 15 is 0 Å². The van der Waals surface area contributed by atoms with Crippen molar-refractivity contribution in [3.8, 4) is 11.5 Å². The van der Waals surface area contributed by atoms with Gasteiger partial charge in [-0.25, -0.2) is 9.78 Å². The van der Waals surface area contributed by atoms with Gasteiger partial charge in [-0.15, -0.1) is 23.5 Å². The number of ether oxygens (including phenoxy) is 2. The summed E-state index contributed by atoms with van der Waals surface area (Å²) in [6.45, 7) is 4.66. The molecule has 2 aromatic rings. The van der Waals surface area contributed by atoms with E-state index in [2.05, 4.69) is 28.6 Å². The smallest absolute Gasteiger partial charge is 0.319 e. The molecule has 0 fully saturated rings. The van der Waals surface area contributed by atoms with Crippen LogP contribution in [0.1, 0.15) is 49.8 Å². The predicted octanol–water partition coefficient (Wildman–Crippen LogP) is 6.34. The van der Waals surface area contributed by atoms with Gasteiger partial charge in [0.05, 0.1) is 19.9 Å². The van der Waals surface area contributed by atoms with Crippen molar-refractivity contribution in [3.63, 3.8) is 0 Å². The quantitative estimate of drug-likeness (QED) is 0.275. The number of unbranched alkanes of at least 4 members (excludes halogenated alkanes) is 2. The second-order valence-corrected chi connectivity index (χ2v) is 9.10. The number of benzene rings is 1. The first-order chi connectivity index (χ1) is 15.5. The van der Waals surface area contributed by atoms with Crippen LogP contribution in [0.3, 0.4) is 0 Å². The molecule has 0 spiro atoms. The van der Waals surface area contributed by atoms with E-state index in [-0.39, 0.29) is 11.9 Å². The number of aryl methyl sites for hydroxylation is 1. The van der Waals surface area contributed by atoms with Gasteiger partial charge in [-0.3, -0.25) is 0 Å². The topological polar surface area (TPSA) is 72.5 Å². The van der Waals surface area contributed by atoms with Crippen LogP contribution in [0, 0.1) is 6.92 Å². The highest BCUT2D eigenvalue weighted by atomic mass is 32.2. The van der Waals surface area contributed by atoms with Crippen LogP contribution in [0.15, 0.2) is 34.2 Å². The minimum atomic E-state index is -0.233. The summed E-state index contributed by atoms with van der Waals surface area (Å²) in [5, 5.41) is 6.91. The molecular formula is C24H35N3O3S2. The second-order valence-electron chi connectivity index (χ2n) is 7.46. The second kappa shape index (κ2) is 13.5. The standard InChI is InChI=1S/C24H35N3O3S2/c1-7-8-9-11-17(18-12-10-13-19(29-3)22(18)30-4)15-25-24(28)27-21-20(31-5)14-16(2)26-23(21)32-6/h10,12-14,17H,7-9,11,15H2,1-6H3,(H2,25,27,28). The fraction of sp³-hybridized carbons (Fsp3) is 0.500. The van der Waals surface area contributed by atoms with Gasteiger partial charge in [0.1, 0.15) is 5.03 Å². The third-order valence-corrected chi connectivity index (χ3v) is 6.71. The molecule has 0 aliphatic rings. The molecule has 0 aliphatic heterocycles. The summed E-state index contributed by atoms with van der Waals surface area (Å²) < 4.78 is 11.1. The Bertz CT molecular complexity index is 868. The molecule has 1 atom stereocenters. The van der Waals surface area contributed by atoms with Crippen molar-refractivity contribution in [1.82, 2.24) is 10.3 Å². The molecule has 2 rings (SSSR count). The maximum Gasteiger partial charge on any atom is 0.319 e. The molecule has 2 N–H and O–H groups in total. The Morgan fingerprint density at radius 1 is 1.16 bits per heavy atom. The Morgan fingerprint density at radius 2 is 1.94 bits per heavy atom. The molecule has 0 bridgehead atoms. The van der Waals surface area contributed by atoms with Crippen LogP contribution in [0.4, 0.5) is 10.5 Å². The average Bonchev–Trinajstić information content (AvgIpc) is 2.81. The molecule has 1 aromatic heterocycles. The van der Waals surface area contributed by atoms with Gasteiger partial charge in [-0.1, -0.05) is 38.3 Å². The number of anilines is 1. The normalized spacial score (nSPS) is 11.7. The fourth-order valence-electron chi connectivity index (χ4n) is 3.65. The van der Waals surface area contributed by atoms with E-state index in [1.165, 1.54) is 11.8 Å². The SMILES string of the molecule is CCCCCC(CNC(=O)Nc1c(SC)cc(C)nc1SC)c1cccc(OC)c1OC. The highest BCUT2D eigenvalue weighted by Crippen LogP contribution is 2.37. The number of carbonyl (C=O) groups excluding carboxylic acids is 1. The molecule has 0 aliphatic carbocycles. The molecule has 1 heterocycles. The minimum Gasteiger partial charge on any atom is -0.493 e. The van der Waals surface area contributed by atoms with Crippen LogP contribution in [-0.2, 0) is 0 Å². The number of carbonyl (C=O) groups is 1. The number of nitrogens with zero attached hydrogens (tertiary/aromatic N) is 1. The van der Waals surface area contributed by atoms with Crippen LogP contribution < -0.4 is 20.1 Å². The molecule has 0 saturated heterocycles. The maximum atomic E-state index is 12.9. The number of methoxy groups -OCH3 is 2. The number of aromatic nitrogens is 1. The van der Waals surface area contributed by atoms with Crippen molar-refractivity contribution in [1.29, 1.82) is 0 Å². The minimum absolute atomic E-state index is 0.119. The first kappa shape index (κ1) is 26.2. The average molecular weight is 478 g/mol. The number of rotatable bonds is 12. The molecule has 2 amide bonds. The van der Waals surface area contributed by atoms with E-state index < -0.39 is 0 Å². The lowest BCUT2D eigenvalue weighted by atomic mass is 9.92. The molecule has 176 valence electrons. The van der Waals surface area contributed by atoms with E-state index in [1.54, 1.807) is 26.0 Å².